The number of hydrogen-bond donors (Lipinski definition) is 0. The fraction of sp³-hybridized carbons (Fsp3) is 0.194. The number of aromatic nitrogens is 3. The molecule has 3 aromatic carbocycles. The second kappa shape index (κ2) is 11.4. The number of anilines is 1. The standard InChI is InChI=1S/C31H28FN5O2S/c1-22-8-14-25(15-9-22)37-29(28-7-4-20-39-28)33-34-31(37)40-21-23-10-12-24(13-11-23)30(38)36-18-16-35(17-19-36)27-6-3-2-5-26(27)32/h2-15,20H,16-19,21H2,1H3. The van der Waals surface area contributed by atoms with Gasteiger partial charge in [-0.05, 0) is 61.0 Å². The lowest BCUT2D eigenvalue weighted by Crippen LogP contribution is -2.49. The van der Waals surface area contributed by atoms with Crippen LogP contribution in [-0.4, -0.2) is 51.8 Å². The number of carbonyl (C=O) groups is 1. The van der Waals surface area contributed by atoms with Crippen molar-refractivity contribution in [3.05, 3.63) is 114 Å². The molecule has 0 radical (unpaired) electrons. The minimum Gasteiger partial charge on any atom is -0.461 e. The van der Waals surface area contributed by atoms with Gasteiger partial charge in [-0.1, -0.05) is 53.7 Å². The molecule has 40 heavy (non-hydrogen) atoms. The van der Waals surface area contributed by atoms with Crippen LogP contribution in [0.25, 0.3) is 17.3 Å². The van der Waals surface area contributed by atoms with E-state index in [0.717, 1.165) is 16.4 Å². The van der Waals surface area contributed by atoms with E-state index in [1.165, 1.54) is 11.6 Å². The zero-order valence-electron chi connectivity index (χ0n) is 22.0. The van der Waals surface area contributed by atoms with Crippen LogP contribution in [0.15, 0.2) is 101 Å². The SMILES string of the molecule is Cc1ccc(-n2c(SCc3ccc(C(=O)N4CCN(c5ccccc5F)CC4)cc3)nnc2-c2ccco2)cc1. The van der Waals surface area contributed by atoms with Gasteiger partial charge in [-0.3, -0.25) is 9.36 Å². The smallest absolute Gasteiger partial charge is 0.253 e. The van der Waals surface area contributed by atoms with Gasteiger partial charge in [0, 0.05) is 43.2 Å². The molecule has 7 nitrogen and oxygen atoms in total. The normalized spacial score (nSPS) is 13.6. The molecule has 0 atom stereocenters. The van der Waals surface area contributed by atoms with Gasteiger partial charge in [0.2, 0.25) is 5.82 Å². The molecule has 9 heteroatoms. The van der Waals surface area contributed by atoms with Crippen molar-refractivity contribution in [3.63, 3.8) is 0 Å². The molecular weight excluding hydrogens is 525 g/mol. The summed E-state index contributed by atoms with van der Waals surface area (Å²) in [6, 6.07) is 26.4. The molecule has 3 heterocycles. The Morgan fingerprint density at radius 2 is 1.65 bits per heavy atom. The van der Waals surface area contributed by atoms with Crippen molar-refractivity contribution in [1.82, 2.24) is 19.7 Å². The first-order valence-electron chi connectivity index (χ1n) is 13.1. The van der Waals surface area contributed by atoms with Gasteiger partial charge in [-0.15, -0.1) is 10.2 Å². The van der Waals surface area contributed by atoms with Gasteiger partial charge in [-0.2, -0.15) is 0 Å². The van der Waals surface area contributed by atoms with E-state index in [-0.39, 0.29) is 11.7 Å². The summed E-state index contributed by atoms with van der Waals surface area (Å²) >= 11 is 1.58. The molecule has 1 amide bonds. The van der Waals surface area contributed by atoms with Crippen molar-refractivity contribution in [3.8, 4) is 17.3 Å². The number of amides is 1. The van der Waals surface area contributed by atoms with Gasteiger partial charge in [0.15, 0.2) is 10.9 Å². The van der Waals surface area contributed by atoms with E-state index in [1.807, 2.05) is 69.0 Å². The highest BCUT2D eigenvalue weighted by atomic mass is 32.2. The molecule has 2 aromatic heterocycles. The van der Waals surface area contributed by atoms with Crippen LogP contribution >= 0.6 is 11.8 Å². The van der Waals surface area contributed by atoms with Gasteiger partial charge in [0.1, 0.15) is 5.82 Å². The lowest BCUT2D eigenvalue weighted by molar-refractivity contribution is 0.0746. The number of carbonyl (C=O) groups excluding carboxylic acids is 1. The Bertz CT molecular complexity index is 1590. The Balaban J connectivity index is 1.11. The number of rotatable bonds is 7. The maximum atomic E-state index is 14.2. The van der Waals surface area contributed by atoms with Crippen LogP contribution in [-0.2, 0) is 5.75 Å². The van der Waals surface area contributed by atoms with E-state index in [9.17, 15) is 9.18 Å². The van der Waals surface area contributed by atoms with Crippen molar-refractivity contribution in [2.75, 3.05) is 31.1 Å². The van der Waals surface area contributed by atoms with Crippen LogP contribution in [0, 0.1) is 12.7 Å². The second-order valence-corrected chi connectivity index (χ2v) is 10.6. The van der Waals surface area contributed by atoms with Crippen molar-refractivity contribution < 1.29 is 13.6 Å². The average molecular weight is 554 g/mol. The third kappa shape index (κ3) is 5.37. The minimum atomic E-state index is -0.231. The van der Waals surface area contributed by atoms with Crippen molar-refractivity contribution in [1.29, 1.82) is 0 Å². The minimum absolute atomic E-state index is 0.00501. The molecule has 0 spiro atoms. The second-order valence-electron chi connectivity index (χ2n) is 9.67. The maximum absolute atomic E-state index is 14.2. The molecule has 0 N–H and O–H groups in total. The molecule has 1 saturated heterocycles. The van der Waals surface area contributed by atoms with Crippen LogP contribution in [0.2, 0.25) is 0 Å². The number of benzene rings is 3. The zero-order valence-corrected chi connectivity index (χ0v) is 22.9. The molecule has 1 aliphatic rings. The monoisotopic (exact) mass is 553 g/mol. The topological polar surface area (TPSA) is 67.4 Å². The van der Waals surface area contributed by atoms with Crippen molar-refractivity contribution >= 4 is 23.4 Å². The van der Waals surface area contributed by atoms with Gasteiger partial charge in [-0.25, -0.2) is 4.39 Å². The summed E-state index contributed by atoms with van der Waals surface area (Å²) in [6.45, 7) is 4.36. The molecular formula is C31H28FN5O2S. The third-order valence-electron chi connectivity index (χ3n) is 7.00. The highest BCUT2D eigenvalue weighted by molar-refractivity contribution is 7.98. The summed E-state index contributed by atoms with van der Waals surface area (Å²) in [5, 5.41) is 9.62. The lowest BCUT2D eigenvalue weighted by atomic mass is 10.1. The van der Waals surface area contributed by atoms with Crippen LogP contribution in [0.5, 0.6) is 0 Å². The van der Waals surface area contributed by atoms with Gasteiger partial charge in [0.05, 0.1) is 12.0 Å². The van der Waals surface area contributed by atoms with Gasteiger partial charge in [0.25, 0.3) is 5.91 Å². The first-order chi connectivity index (χ1) is 19.6. The van der Waals surface area contributed by atoms with Crippen LogP contribution in [0.4, 0.5) is 10.1 Å². The van der Waals surface area contributed by atoms with Crippen molar-refractivity contribution in [2.24, 2.45) is 0 Å². The number of piperazine rings is 1. The molecule has 1 aliphatic heterocycles. The molecule has 0 bridgehead atoms. The number of thioether (sulfide) groups is 1. The van der Waals surface area contributed by atoms with E-state index >= 15 is 0 Å². The molecule has 0 saturated carbocycles. The van der Waals surface area contributed by atoms with Crippen molar-refractivity contribution in [2.45, 2.75) is 17.8 Å². The Morgan fingerprint density at radius 1 is 0.900 bits per heavy atom. The van der Waals surface area contributed by atoms with E-state index in [2.05, 4.69) is 29.3 Å². The first kappa shape index (κ1) is 25.9. The number of aryl methyl sites for hydroxylation is 1. The molecule has 0 unspecified atom stereocenters. The summed E-state index contributed by atoms with van der Waals surface area (Å²) in [5.41, 5.74) is 4.44. The maximum Gasteiger partial charge on any atom is 0.253 e. The van der Waals surface area contributed by atoms with Crippen LogP contribution in [0.3, 0.4) is 0 Å². The summed E-state index contributed by atoms with van der Waals surface area (Å²) in [7, 11) is 0. The number of furan rings is 1. The average Bonchev–Trinajstić information content (AvgIpc) is 3.67. The van der Waals surface area contributed by atoms with E-state index in [0.29, 0.717) is 54.8 Å². The summed E-state index contributed by atoms with van der Waals surface area (Å²) < 4.78 is 21.8. The Labute approximate surface area is 236 Å². The van der Waals surface area contributed by atoms with E-state index < -0.39 is 0 Å². The molecule has 5 aromatic rings. The van der Waals surface area contributed by atoms with E-state index in [1.54, 1.807) is 30.2 Å². The summed E-state index contributed by atoms with van der Waals surface area (Å²) in [6.07, 6.45) is 1.63. The summed E-state index contributed by atoms with van der Waals surface area (Å²) in [5.74, 6) is 1.72. The predicted molar refractivity (Wildman–Crippen MR) is 154 cm³/mol. The Morgan fingerprint density at radius 3 is 2.35 bits per heavy atom. The molecule has 0 aliphatic carbocycles. The summed E-state index contributed by atoms with van der Waals surface area (Å²) in [4.78, 5) is 17.0. The highest BCUT2D eigenvalue weighted by Gasteiger charge is 2.24. The fourth-order valence-corrected chi connectivity index (χ4v) is 5.70. The number of nitrogens with zero attached hydrogens (tertiary/aromatic N) is 5. The predicted octanol–water partition coefficient (Wildman–Crippen LogP) is 6.23. The molecule has 202 valence electrons. The highest BCUT2D eigenvalue weighted by Crippen LogP contribution is 2.30. The van der Waals surface area contributed by atoms with Gasteiger partial charge >= 0.3 is 0 Å². The Kier molecular flexibility index (Phi) is 7.37. The molecule has 1 fully saturated rings. The Hall–Kier alpha value is -4.37. The number of halogens is 1. The quantitative estimate of drug-likeness (QED) is 0.223. The van der Waals surface area contributed by atoms with E-state index in [4.69, 9.17) is 4.42 Å². The zero-order chi connectivity index (χ0) is 27.5. The number of hydrogen-bond acceptors (Lipinski definition) is 6. The largest absolute Gasteiger partial charge is 0.461 e. The first-order valence-corrected chi connectivity index (χ1v) is 14.1. The van der Waals surface area contributed by atoms with Gasteiger partial charge < -0.3 is 14.2 Å². The number of para-hydroxylation sites is 1. The lowest BCUT2D eigenvalue weighted by Gasteiger charge is -2.36. The molecule has 6 rings (SSSR count). The fourth-order valence-electron chi connectivity index (χ4n) is 4.79. The third-order valence-corrected chi connectivity index (χ3v) is 8.00. The van der Waals surface area contributed by atoms with Crippen LogP contribution in [0.1, 0.15) is 21.5 Å². The van der Waals surface area contributed by atoms with Crippen LogP contribution < -0.4 is 4.90 Å².